The lowest BCUT2D eigenvalue weighted by Crippen LogP contribution is -2.29. The van der Waals surface area contributed by atoms with Crippen molar-refractivity contribution >= 4 is 17.4 Å². The van der Waals surface area contributed by atoms with Crippen LogP contribution in [0.25, 0.3) is 5.76 Å². The third-order valence-electron chi connectivity index (χ3n) is 6.33. The molecule has 0 aliphatic carbocycles. The van der Waals surface area contributed by atoms with Crippen LogP contribution in [0.3, 0.4) is 0 Å². The van der Waals surface area contributed by atoms with E-state index in [0.717, 1.165) is 12.5 Å². The molecule has 1 aromatic heterocycles. The number of carbonyl (C=O) groups is 2. The molecule has 1 aliphatic rings. The SMILES string of the molecule is COc1ccc(C(O)=C2C(=O)C(=O)N(Cc3ccco3)[C@H]2c2ccc(OCCC(C)C)c(OC)c2)cc1F. The molecule has 1 fully saturated rings. The maximum absolute atomic E-state index is 14.5. The molecule has 2 aromatic carbocycles. The van der Waals surface area contributed by atoms with Crippen LogP contribution < -0.4 is 14.2 Å². The van der Waals surface area contributed by atoms with Gasteiger partial charge < -0.3 is 28.6 Å². The minimum absolute atomic E-state index is 0.0193. The summed E-state index contributed by atoms with van der Waals surface area (Å²) < 4.78 is 36.3. The summed E-state index contributed by atoms with van der Waals surface area (Å²) in [5.41, 5.74) is 0.353. The second-order valence-electron chi connectivity index (χ2n) is 9.30. The first-order chi connectivity index (χ1) is 18.2. The summed E-state index contributed by atoms with van der Waals surface area (Å²) in [5, 5.41) is 11.2. The van der Waals surface area contributed by atoms with Gasteiger partial charge in [0.25, 0.3) is 11.7 Å². The van der Waals surface area contributed by atoms with Crippen LogP contribution in [-0.4, -0.2) is 42.5 Å². The Labute approximate surface area is 220 Å². The Morgan fingerprint density at radius 3 is 2.42 bits per heavy atom. The molecular formula is C29H30FNO7. The largest absolute Gasteiger partial charge is 0.507 e. The molecule has 0 bridgehead atoms. The molecule has 0 spiro atoms. The smallest absolute Gasteiger partial charge is 0.296 e. The Morgan fingerprint density at radius 1 is 1.05 bits per heavy atom. The van der Waals surface area contributed by atoms with Crippen LogP contribution in [-0.2, 0) is 16.1 Å². The number of amides is 1. The van der Waals surface area contributed by atoms with Crippen molar-refractivity contribution in [1.29, 1.82) is 0 Å². The third kappa shape index (κ3) is 5.37. The topological polar surface area (TPSA) is 98.4 Å². The maximum Gasteiger partial charge on any atom is 0.296 e. The van der Waals surface area contributed by atoms with E-state index in [1.165, 1.54) is 37.5 Å². The molecule has 4 rings (SSSR count). The zero-order chi connectivity index (χ0) is 27.4. The summed E-state index contributed by atoms with van der Waals surface area (Å²) in [5.74, 6) is -1.13. The second-order valence-corrected chi connectivity index (χ2v) is 9.30. The minimum atomic E-state index is -0.996. The number of rotatable bonds is 10. The van der Waals surface area contributed by atoms with Crippen LogP contribution >= 0.6 is 0 Å². The predicted molar refractivity (Wildman–Crippen MR) is 137 cm³/mol. The number of hydrogen-bond acceptors (Lipinski definition) is 7. The van der Waals surface area contributed by atoms with Gasteiger partial charge in [-0.25, -0.2) is 4.39 Å². The summed E-state index contributed by atoms with van der Waals surface area (Å²) in [4.78, 5) is 27.8. The maximum atomic E-state index is 14.5. The molecule has 1 amide bonds. The number of hydrogen-bond donors (Lipinski definition) is 1. The number of benzene rings is 2. The van der Waals surface area contributed by atoms with Crippen molar-refractivity contribution in [1.82, 2.24) is 4.90 Å². The molecule has 1 atom stereocenters. The van der Waals surface area contributed by atoms with E-state index in [2.05, 4.69) is 13.8 Å². The summed E-state index contributed by atoms with van der Waals surface area (Å²) in [6.07, 6.45) is 2.32. The van der Waals surface area contributed by atoms with Crippen molar-refractivity contribution in [3.8, 4) is 17.2 Å². The van der Waals surface area contributed by atoms with Gasteiger partial charge in [-0.2, -0.15) is 0 Å². The molecule has 0 saturated carbocycles. The fourth-order valence-corrected chi connectivity index (χ4v) is 4.31. The van der Waals surface area contributed by atoms with E-state index in [1.54, 1.807) is 30.3 Å². The van der Waals surface area contributed by atoms with Crippen LogP contribution in [0.1, 0.15) is 43.2 Å². The monoisotopic (exact) mass is 523 g/mol. The zero-order valence-corrected chi connectivity index (χ0v) is 21.7. The van der Waals surface area contributed by atoms with Crippen molar-refractivity contribution in [2.75, 3.05) is 20.8 Å². The number of Topliss-reactive ketones (excluding diaryl/α,β-unsaturated/α-hetero) is 1. The lowest BCUT2D eigenvalue weighted by molar-refractivity contribution is -0.140. The van der Waals surface area contributed by atoms with Gasteiger partial charge in [0.15, 0.2) is 23.1 Å². The first-order valence-corrected chi connectivity index (χ1v) is 12.2. The number of methoxy groups -OCH3 is 2. The van der Waals surface area contributed by atoms with Crippen LogP contribution in [0, 0.1) is 11.7 Å². The normalized spacial score (nSPS) is 16.8. The Bertz CT molecular complexity index is 1350. The lowest BCUT2D eigenvalue weighted by Gasteiger charge is -2.25. The van der Waals surface area contributed by atoms with E-state index < -0.39 is 29.3 Å². The molecule has 1 aliphatic heterocycles. The highest BCUT2D eigenvalue weighted by Crippen LogP contribution is 2.43. The van der Waals surface area contributed by atoms with Gasteiger partial charge >= 0.3 is 0 Å². The van der Waals surface area contributed by atoms with Crippen LogP contribution in [0.2, 0.25) is 0 Å². The number of likely N-dealkylation sites (tertiary alicyclic amines) is 1. The van der Waals surface area contributed by atoms with Crippen molar-refractivity contribution in [3.05, 3.63) is 83.1 Å². The molecule has 8 nitrogen and oxygen atoms in total. The number of carbonyl (C=O) groups excluding carboxylic acids is 2. The highest BCUT2D eigenvalue weighted by atomic mass is 19.1. The van der Waals surface area contributed by atoms with E-state index in [1.807, 2.05) is 0 Å². The second kappa shape index (κ2) is 11.4. The van der Waals surface area contributed by atoms with Gasteiger partial charge in [-0.3, -0.25) is 9.59 Å². The number of aliphatic hydroxyl groups is 1. The average molecular weight is 524 g/mol. The number of halogens is 1. The molecule has 2 heterocycles. The van der Waals surface area contributed by atoms with Gasteiger partial charge in [0.05, 0.1) is 45.2 Å². The molecule has 1 saturated heterocycles. The molecule has 0 radical (unpaired) electrons. The lowest BCUT2D eigenvalue weighted by atomic mass is 9.95. The van der Waals surface area contributed by atoms with Gasteiger partial charge in [0.2, 0.25) is 0 Å². The average Bonchev–Trinajstić information content (AvgIpc) is 3.50. The Morgan fingerprint density at radius 2 is 1.79 bits per heavy atom. The highest BCUT2D eigenvalue weighted by molar-refractivity contribution is 6.46. The van der Waals surface area contributed by atoms with Crippen LogP contribution in [0.15, 0.2) is 64.8 Å². The van der Waals surface area contributed by atoms with E-state index in [9.17, 15) is 19.1 Å². The Balaban J connectivity index is 1.81. The minimum Gasteiger partial charge on any atom is -0.507 e. The van der Waals surface area contributed by atoms with E-state index in [-0.39, 0.29) is 23.4 Å². The van der Waals surface area contributed by atoms with Gasteiger partial charge in [-0.15, -0.1) is 0 Å². The highest BCUT2D eigenvalue weighted by Gasteiger charge is 2.46. The third-order valence-corrected chi connectivity index (χ3v) is 6.33. The first kappa shape index (κ1) is 26.8. The quantitative estimate of drug-likeness (QED) is 0.213. The molecule has 200 valence electrons. The number of ether oxygens (including phenoxy) is 3. The fourth-order valence-electron chi connectivity index (χ4n) is 4.31. The van der Waals surface area contributed by atoms with Gasteiger partial charge in [0, 0.05) is 5.56 Å². The van der Waals surface area contributed by atoms with E-state index in [0.29, 0.717) is 35.3 Å². The van der Waals surface area contributed by atoms with Crippen molar-refractivity contribution in [3.63, 3.8) is 0 Å². The molecular weight excluding hydrogens is 493 g/mol. The summed E-state index contributed by atoms with van der Waals surface area (Å²) in [6, 6.07) is 11.2. The molecule has 38 heavy (non-hydrogen) atoms. The van der Waals surface area contributed by atoms with Crippen LogP contribution in [0.5, 0.6) is 17.2 Å². The number of aliphatic hydroxyl groups excluding tert-OH is 1. The van der Waals surface area contributed by atoms with Crippen molar-refractivity contribution in [2.45, 2.75) is 32.9 Å². The van der Waals surface area contributed by atoms with Gasteiger partial charge in [-0.05, 0) is 60.4 Å². The molecule has 0 unspecified atom stereocenters. The Hall–Kier alpha value is -4.27. The Kier molecular flexibility index (Phi) is 8.05. The summed E-state index contributed by atoms with van der Waals surface area (Å²) in [7, 11) is 2.82. The number of nitrogens with zero attached hydrogens (tertiary/aromatic N) is 1. The van der Waals surface area contributed by atoms with Crippen molar-refractivity contribution in [2.24, 2.45) is 5.92 Å². The van der Waals surface area contributed by atoms with Crippen LogP contribution in [0.4, 0.5) is 4.39 Å². The van der Waals surface area contributed by atoms with Gasteiger partial charge in [-0.1, -0.05) is 19.9 Å². The van der Waals surface area contributed by atoms with Gasteiger partial charge in [0.1, 0.15) is 11.5 Å². The van der Waals surface area contributed by atoms with E-state index in [4.69, 9.17) is 18.6 Å². The summed E-state index contributed by atoms with van der Waals surface area (Å²) >= 11 is 0. The van der Waals surface area contributed by atoms with E-state index >= 15 is 0 Å². The molecule has 9 heteroatoms. The first-order valence-electron chi connectivity index (χ1n) is 12.2. The fraction of sp³-hybridized carbons (Fsp3) is 0.310. The summed E-state index contributed by atoms with van der Waals surface area (Å²) in [6.45, 7) is 4.67. The number of ketones is 1. The standard InChI is InChI=1S/C29H30FNO7/c1-17(2)11-13-38-23-10-7-18(15-24(23)36-4)26-25(27(32)19-8-9-22(35-3)21(30)14-19)28(33)29(34)31(26)16-20-6-5-12-37-20/h5-10,12,14-15,17,26,32H,11,13,16H2,1-4H3/t26-/m0/s1. The molecule has 3 aromatic rings. The zero-order valence-electron chi connectivity index (χ0n) is 21.7. The van der Waals surface area contributed by atoms with Crippen molar-refractivity contribution < 1.29 is 37.7 Å². The number of furan rings is 1. The molecule has 1 N–H and O–H groups in total. The predicted octanol–water partition coefficient (Wildman–Crippen LogP) is 5.48.